The van der Waals surface area contributed by atoms with Gasteiger partial charge >= 0.3 is 5.97 Å². The molecule has 4 rings (SSSR count). The van der Waals surface area contributed by atoms with Crippen molar-refractivity contribution in [2.45, 2.75) is 109 Å². The van der Waals surface area contributed by atoms with Crippen LogP contribution in [0.3, 0.4) is 0 Å². The van der Waals surface area contributed by atoms with Gasteiger partial charge in [0, 0.05) is 0 Å². The van der Waals surface area contributed by atoms with E-state index in [2.05, 4.69) is 6.92 Å². The fourth-order valence-corrected chi connectivity index (χ4v) is 5.91. The Kier molecular flexibility index (Phi) is 5.69. The number of carbonyl (C=O) groups is 1. The van der Waals surface area contributed by atoms with Crippen LogP contribution >= 0.6 is 0 Å². The number of hydrogen-bond acceptors (Lipinski definition) is 3. The summed E-state index contributed by atoms with van der Waals surface area (Å²) in [6.07, 6.45) is 17.3. The zero-order valence-electron chi connectivity index (χ0n) is 16.0. The van der Waals surface area contributed by atoms with Crippen molar-refractivity contribution >= 4 is 5.97 Å². The van der Waals surface area contributed by atoms with Gasteiger partial charge < -0.3 is 9.47 Å². The van der Waals surface area contributed by atoms with Gasteiger partial charge in [-0.05, 0) is 75.5 Å². The Morgan fingerprint density at radius 3 is 2.20 bits per heavy atom. The molecule has 0 aromatic heterocycles. The van der Waals surface area contributed by atoms with Crippen molar-refractivity contribution in [2.75, 3.05) is 0 Å². The minimum atomic E-state index is 0.0671. The molecule has 4 aliphatic rings. The molecular weight excluding hydrogens is 312 g/mol. The van der Waals surface area contributed by atoms with Gasteiger partial charge in [0.05, 0.1) is 18.1 Å². The molecule has 0 N–H and O–H groups in total. The predicted octanol–water partition coefficient (Wildman–Crippen LogP) is 5.26. The topological polar surface area (TPSA) is 38.8 Å². The van der Waals surface area contributed by atoms with Crippen molar-refractivity contribution < 1.29 is 14.3 Å². The number of esters is 1. The first kappa shape index (κ1) is 17.8. The Balaban J connectivity index is 1.16. The molecule has 0 aromatic carbocycles. The first-order valence-corrected chi connectivity index (χ1v) is 11.1. The fraction of sp³-hybridized carbons (Fsp3) is 0.955. The lowest BCUT2D eigenvalue weighted by Crippen LogP contribution is -2.32. The quantitative estimate of drug-likeness (QED) is 0.502. The maximum Gasteiger partial charge on any atom is 0.309 e. The third-order valence-electron chi connectivity index (χ3n) is 7.59. The number of rotatable bonds is 5. The van der Waals surface area contributed by atoms with E-state index in [0.29, 0.717) is 12.2 Å². The molecule has 1 heterocycles. The highest BCUT2D eigenvalue weighted by atomic mass is 16.6. The van der Waals surface area contributed by atoms with Crippen molar-refractivity contribution in [3.63, 3.8) is 0 Å². The largest absolute Gasteiger partial charge is 0.462 e. The van der Waals surface area contributed by atoms with E-state index in [4.69, 9.17) is 9.47 Å². The molecule has 0 aromatic rings. The van der Waals surface area contributed by atoms with Gasteiger partial charge in [0.2, 0.25) is 0 Å². The second kappa shape index (κ2) is 7.98. The Labute approximate surface area is 153 Å². The highest BCUT2D eigenvalue weighted by molar-refractivity contribution is 5.73. The van der Waals surface area contributed by atoms with Crippen LogP contribution < -0.4 is 0 Å². The second-order valence-electron chi connectivity index (χ2n) is 9.27. The van der Waals surface area contributed by atoms with Gasteiger partial charge in [0.15, 0.2) is 0 Å². The van der Waals surface area contributed by atoms with E-state index in [0.717, 1.165) is 49.9 Å². The van der Waals surface area contributed by atoms with Crippen LogP contribution in [-0.4, -0.2) is 24.3 Å². The Morgan fingerprint density at radius 1 is 0.880 bits per heavy atom. The number of hydrogen-bond donors (Lipinski definition) is 0. The average Bonchev–Trinajstić information content (AvgIpc) is 3.42. The molecule has 0 bridgehead atoms. The van der Waals surface area contributed by atoms with Gasteiger partial charge in [-0.3, -0.25) is 4.79 Å². The summed E-state index contributed by atoms with van der Waals surface area (Å²) in [4.78, 5) is 12.4. The molecule has 3 atom stereocenters. The lowest BCUT2D eigenvalue weighted by atomic mass is 9.70. The van der Waals surface area contributed by atoms with Crippen LogP contribution in [0.25, 0.3) is 0 Å². The highest BCUT2D eigenvalue weighted by Crippen LogP contribution is 2.43. The summed E-state index contributed by atoms with van der Waals surface area (Å²) in [7, 11) is 0. The maximum absolute atomic E-state index is 12.4. The summed E-state index contributed by atoms with van der Waals surface area (Å²) in [5, 5.41) is 0. The van der Waals surface area contributed by atoms with E-state index in [9.17, 15) is 4.79 Å². The highest BCUT2D eigenvalue weighted by Gasteiger charge is 2.46. The number of ether oxygens (including phenoxy) is 2. The lowest BCUT2D eigenvalue weighted by Gasteiger charge is -2.38. The molecule has 0 amide bonds. The molecule has 0 spiro atoms. The molecule has 3 aliphatic carbocycles. The first-order chi connectivity index (χ1) is 12.2. The molecular formula is C22H36O3. The molecule has 3 unspecified atom stereocenters. The van der Waals surface area contributed by atoms with E-state index in [1.54, 1.807) is 0 Å². The predicted molar refractivity (Wildman–Crippen MR) is 98.2 cm³/mol. The lowest BCUT2D eigenvalue weighted by molar-refractivity contribution is -0.157. The zero-order chi connectivity index (χ0) is 17.2. The Bertz CT molecular complexity index is 446. The smallest absolute Gasteiger partial charge is 0.309 e. The second-order valence-corrected chi connectivity index (χ2v) is 9.27. The number of epoxide rings is 1. The zero-order valence-corrected chi connectivity index (χ0v) is 16.0. The summed E-state index contributed by atoms with van der Waals surface area (Å²) < 4.78 is 11.4. The van der Waals surface area contributed by atoms with Gasteiger partial charge in [-0.2, -0.15) is 0 Å². The van der Waals surface area contributed by atoms with Crippen molar-refractivity contribution in [3.05, 3.63) is 0 Å². The van der Waals surface area contributed by atoms with Crippen molar-refractivity contribution in [2.24, 2.45) is 23.7 Å². The Hall–Kier alpha value is -0.570. The maximum atomic E-state index is 12.4. The SMILES string of the molecule is CCCC1CCC(C2CCC(OC(=O)C3CCC4OC4C3)CC2)CC1. The third-order valence-corrected chi connectivity index (χ3v) is 7.59. The molecule has 25 heavy (non-hydrogen) atoms. The molecule has 1 aliphatic heterocycles. The molecule has 1 saturated heterocycles. The van der Waals surface area contributed by atoms with E-state index >= 15 is 0 Å². The fourth-order valence-electron chi connectivity index (χ4n) is 5.91. The minimum Gasteiger partial charge on any atom is -0.462 e. The van der Waals surface area contributed by atoms with Crippen molar-refractivity contribution in [1.29, 1.82) is 0 Å². The molecule has 3 nitrogen and oxygen atoms in total. The van der Waals surface area contributed by atoms with Crippen LogP contribution in [0.1, 0.15) is 90.4 Å². The first-order valence-electron chi connectivity index (χ1n) is 11.1. The summed E-state index contributed by atoms with van der Waals surface area (Å²) >= 11 is 0. The van der Waals surface area contributed by atoms with Crippen molar-refractivity contribution in [1.82, 2.24) is 0 Å². The van der Waals surface area contributed by atoms with Crippen LogP contribution in [-0.2, 0) is 14.3 Å². The van der Waals surface area contributed by atoms with Crippen LogP contribution in [0.15, 0.2) is 0 Å². The van der Waals surface area contributed by atoms with Gasteiger partial charge in [0.1, 0.15) is 6.10 Å². The van der Waals surface area contributed by atoms with Crippen LogP contribution in [0.2, 0.25) is 0 Å². The number of fused-ring (bicyclic) bond motifs is 1. The molecule has 0 radical (unpaired) electrons. The van der Waals surface area contributed by atoms with Crippen molar-refractivity contribution in [3.8, 4) is 0 Å². The Morgan fingerprint density at radius 2 is 1.56 bits per heavy atom. The summed E-state index contributed by atoms with van der Waals surface area (Å²) in [5.74, 6) is 3.02. The summed E-state index contributed by atoms with van der Waals surface area (Å²) in [6.45, 7) is 2.32. The summed E-state index contributed by atoms with van der Waals surface area (Å²) in [6, 6.07) is 0. The molecule has 3 saturated carbocycles. The van der Waals surface area contributed by atoms with Gasteiger partial charge in [0.25, 0.3) is 0 Å². The monoisotopic (exact) mass is 348 g/mol. The standard InChI is InChI=1S/C22H36O3/c1-2-3-15-4-6-16(7-5-15)17-8-11-19(12-9-17)24-22(23)18-10-13-20-21(14-18)25-20/h15-21H,2-14H2,1H3. The van der Waals surface area contributed by atoms with Crippen LogP contribution in [0.5, 0.6) is 0 Å². The molecule has 142 valence electrons. The third kappa shape index (κ3) is 4.40. The average molecular weight is 349 g/mol. The molecule has 3 heteroatoms. The van der Waals surface area contributed by atoms with E-state index in [-0.39, 0.29) is 18.0 Å². The minimum absolute atomic E-state index is 0.0671. The van der Waals surface area contributed by atoms with Gasteiger partial charge in [-0.25, -0.2) is 0 Å². The van der Waals surface area contributed by atoms with E-state index in [1.807, 2.05) is 0 Å². The number of carbonyl (C=O) groups excluding carboxylic acids is 1. The molecule has 4 fully saturated rings. The van der Waals surface area contributed by atoms with E-state index in [1.165, 1.54) is 51.4 Å². The normalized spacial score (nSPS) is 44.0. The van der Waals surface area contributed by atoms with E-state index < -0.39 is 0 Å². The van der Waals surface area contributed by atoms with Gasteiger partial charge in [-0.1, -0.05) is 32.6 Å². The van der Waals surface area contributed by atoms with Crippen LogP contribution in [0.4, 0.5) is 0 Å². The van der Waals surface area contributed by atoms with Gasteiger partial charge in [-0.15, -0.1) is 0 Å². The van der Waals surface area contributed by atoms with Crippen LogP contribution in [0, 0.1) is 23.7 Å². The summed E-state index contributed by atoms with van der Waals surface area (Å²) in [5.41, 5.74) is 0.